The van der Waals surface area contributed by atoms with E-state index in [-0.39, 0.29) is 32.4 Å². The van der Waals surface area contributed by atoms with Crippen LogP contribution in [0.15, 0.2) is 9.98 Å². The number of nitrogens with two attached hydrogens (primary N) is 4. The van der Waals surface area contributed by atoms with E-state index in [2.05, 4.69) is 36.6 Å². The lowest BCUT2D eigenvalue weighted by Crippen LogP contribution is -2.57. The number of fused-ring (bicyclic) bond motifs is 2. The van der Waals surface area contributed by atoms with Crippen LogP contribution in [0.2, 0.25) is 11.6 Å². The van der Waals surface area contributed by atoms with Gasteiger partial charge < -0.3 is 74.6 Å². The lowest BCUT2D eigenvalue weighted by Gasteiger charge is -2.30. The van der Waals surface area contributed by atoms with Gasteiger partial charge in [-0.05, 0) is 32.1 Å². The van der Waals surface area contributed by atoms with Gasteiger partial charge in [0.1, 0.15) is 36.0 Å². The summed E-state index contributed by atoms with van der Waals surface area (Å²) in [5, 5.41) is 41.0. The normalized spacial score (nSPS) is 26.1. The van der Waals surface area contributed by atoms with Crippen molar-refractivity contribution in [1.82, 2.24) is 36.4 Å². The fraction of sp³-hybridized carbons (Fsp3) is 0.667. The van der Waals surface area contributed by atoms with Gasteiger partial charge >= 0.3 is 5.97 Å². The Hall–Kier alpha value is -5.98. The maximum Gasteiger partial charge on any atom is 0.328 e. The summed E-state index contributed by atoms with van der Waals surface area (Å²) in [6.45, 7) is -1.54. The van der Waals surface area contributed by atoms with Crippen LogP contribution in [-0.2, 0) is 43.2 Å². The van der Waals surface area contributed by atoms with E-state index < -0.39 is 158 Å². The fourth-order valence-electron chi connectivity index (χ4n) is 6.68. The molecule has 0 aromatic carbocycles. The standard InChI is InChI=1S/C33H51B2N13O12/c34-15-6-5-14(49)9-17(24(51)45-19(30(57)58)12-41-32(36)37)43-26(53)22-4-2-8-48(22)29(56)16(35)11-40-23(50)10-18(25(52)46-20(31(59)60)13-42-33(38)39)44-27(54)21-3-1-7-47(21)28(15)55/h15-22,31,59-60H,1-13H2,(H,40,50)(H,43,53)(H,44,54)(H,45,51)(H,46,52)(H,57,58)(H4,36,37,41)(H4,38,39,42). The van der Waals surface area contributed by atoms with Gasteiger partial charge in [-0.2, -0.15) is 0 Å². The van der Waals surface area contributed by atoms with E-state index in [1.165, 1.54) is 0 Å². The number of aliphatic carboxylic acids is 1. The second kappa shape index (κ2) is 22.4. The second-order valence-electron chi connectivity index (χ2n) is 14.5. The molecule has 3 heterocycles. The van der Waals surface area contributed by atoms with E-state index in [4.69, 9.17) is 38.6 Å². The van der Waals surface area contributed by atoms with Crippen LogP contribution in [0.1, 0.15) is 51.4 Å². The molecule has 0 bridgehead atoms. The number of hydrogen-bond acceptors (Lipinski definition) is 13. The van der Waals surface area contributed by atoms with Crippen LogP contribution in [0.4, 0.5) is 0 Å². The zero-order chi connectivity index (χ0) is 44.8. The highest BCUT2D eigenvalue weighted by molar-refractivity contribution is 6.24. The third-order valence-corrected chi connectivity index (χ3v) is 9.88. The molecule has 8 atom stereocenters. The molecule has 0 aromatic heterocycles. The van der Waals surface area contributed by atoms with Crippen molar-refractivity contribution in [2.45, 2.75) is 106 Å². The number of aliphatic imine (C=N–C) groups is 2. The molecule has 0 saturated carbocycles. The number of nitrogens with zero attached hydrogens (tertiary/aromatic N) is 4. The maximum atomic E-state index is 13.7. The molecule has 326 valence electrons. The quantitative estimate of drug-likeness (QED) is 0.0421. The average Bonchev–Trinajstić information content (AvgIpc) is 3.88. The number of nitrogens with one attached hydrogen (secondary N) is 5. The van der Waals surface area contributed by atoms with Crippen LogP contribution in [0, 0.1) is 0 Å². The Morgan fingerprint density at radius 2 is 1.25 bits per heavy atom. The van der Waals surface area contributed by atoms with Gasteiger partial charge in [-0.3, -0.25) is 48.3 Å². The van der Waals surface area contributed by atoms with Gasteiger partial charge in [0.25, 0.3) is 0 Å². The second-order valence-corrected chi connectivity index (χ2v) is 14.5. The van der Waals surface area contributed by atoms with Crippen molar-refractivity contribution >= 4 is 80.7 Å². The first-order valence-corrected chi connectivity index (χ1v) is 19.0. The number of carboxylic acid groups (broad SMARTS) is 1. The summed E-state index contributed by atoms with van der Waals surface area (Å²) < 4.78 is 0. The van der Waals surface area contributed by atoms with Gasteiger partial charge in [-0.15, -0.1) is 0 Å². The third kappa shape index (κ3) is 14.1. The van der Waals surface area contributed by atoms with Gasteiger partial charge in [0.05, 0.1) is 41.2 Å². The number of aliphatic hydroxyl groups excluding tert-OH is 1. The molecule has 3 aliphatic heterocycles. The largest absolute Gasteiger partial charge is 0.480 e. The van der Waals surface area contributed by atoms with E-state index in [9.17, 15) is 58.5 Å². The van der Waals surface area contributed by atoms with E-state index in [0.29, 0.717) is 12.8 Å². The number of aliphatic hydroxyl groups is 2. The van der Waals surface area contributed by atoms with Crippen molar-refractivity contribution in [3.63, 3.8) is 0 Å². The molecule has 0 aromatic rings. The van der Waals surface area contributed by atoms with Crippen LogP contribution < -0.4 is 49.5 Å². The minimum absolute atomic E-state index is 0.0318. The highest BCUT2D eigenvalue weighted by atomic mass is 16.5. The van der Waals surface area contributed by atoms with Crippen LogP contribution in [0.3, 0.4) is 0 Å². The van der Waals surface area contributed by atoms with E-state index >= 15 is 0 Å². The summed E-state index contributed by atoms with van der Waals surface area (Å²) >= 11 is 0. The smallest absolute Gasteiger partial charge is 0.328 e. The van der Waals surface area contributed by atoms with Crippen LogP contribution in [0.25, 0.3) is 0 Å². The number of carbonyl (C=O) groups is 9. The minimum Gasteiger partial charge on any atom is -0.480 e. The molecule has 27 heteroatoms. The molecule has 3 fully saturated rings. The van der Waals surface area contributed by atoms with Gasteiger partial charge in [-0.1, -0.05) is 0 Å². The van der Waals surface area contributed by atoms with Crippen molar-refractivity contribution in [1.29, 1.82) is 0 Å². The maximum absolute atomic E-state index is 13.7. The Morgan fingerprint density at radius 1 is 0.750 bits per heavy atom. The molecule has 16 N–H and O–H groups in total. The van der Waals surface area contributed by atoms with Crippen molar-refractivity contribution in [3.8, 4) is 0 Å². The Labute approximate surface area is 346 Å². The molecular formula is C33H51B2N13O12. The molecule has 3 rings (SSSR count). The number of Topliss-reactive ketones (excluding diaryl/α,β-unsaturated/α-hetero) is 1. The zero-order valence-corrected chi connectivity index (χ0v) is 32.7. The van der Waals surface area contributed by atoms with E-state index in [0.717, 1.165) is 9.80 Å². The predicted octanol–water partition coefficient (Wildman–Crippen LogP) is -7.98. The lowest BCUT2D eigenvalue weighted by molar-refractivity contribution is -0.143. The molecule has 8 unspecified atom stereocenters. The van der Waals surface area contributed by atoms with E-state index in [1.807, 2.05) is 0 Å². The predicted molar refractivity (Wildman–Crippen MR) is 210 cm³/mol. The SMILES string of the molecule is [B]C1CNC(=O)CC(C(=O)NC(CN=C(N)N)C(O)O)NC(=O)C2CCCN2C(=O)C([B])CCC(=O)CC(C(=O)NC(CN=C(N)N)C(=O)O)NC(=O)C2CCCN2C1=O. The summed E-state index contributed by atoms with van der Waals surface area (Å²) in [5.74, 6) is -12.3. The number of hydrogen-bond donors (Lipinski definition) is 12. The van der Waals surface area contributed by atoms with Crippen LogP contribution >= 0.6 is 0 Å². The molecule has 25 nitrogen and oxygen atoms in total. The highest BCUT2D eigenvalue weighted by Crippen LogP contribution is 2.25. The number of guanidine groups is 2. The first-order chi connectivity index (χ1) is 28.2. The molecule has 4 radical (unpaired) electrons. The number of amides is 7. The third-order valence-electron chi connectivity index (χ3n) is 9.88. The van der Waals surface area contributed by atoms with Gasteiger partial charge in [-0.25, -0.2) is 4.79 Å². The summed E-state index contributed by atoms with van der Waals surface area (Å²) in [6, 6.07) is -8.96. The van der Waals surface area contributed by atoms with Crippen LogP contribution in [0.5, 0.6) is 0 Å². The fourth-order valence-corrected chi connectivity index (χ4v) is 6.68. The monoisotopic (exact) mass is 843 g/mol. The highest BCUT2D eigenvalue weighted by Gasteiger charge is 2.40. The van der Waals surface area contributed by atoms with Gasteiger partial charge in [0, 0.05) is 44.1 Å². The van der Waals surface area contributed by atoms with Crippen LogP contribution in [-0.4, -0.2) is 181 Å². The zero-order valence-electron chi connectivity index (χ0n) is 32.7. The number of carbonyl (C=O) groups excluding carboxylic acids is 8. The lowest BCUT2D eigenvalue weighted by atomic mass is 9.81. The molecule has 3 aliphatic rings. The molecule has 3 saturated heterocycles. The van der Waals surface area contributed by atoms with E-state index in [1.54, 1.807) is 0 Å². The Bertz CT molecular complexity index is 1710. The summed E-state index contributed by atoms with van der Waals surface area (Å²) in [5.41, 5.74) is 21.2. The Morgan fingerprint density at radius 3 is 1.77 bits per heavy atom. The Balaban J connectivity index is 1.94. The first-order valence-electron chi connectivity index (χ1n) is 19.0. The summed E-state index contributed by atoms with van der Waals surface area (Å²) in [4.78, 5) is 129. The van der Waals surface area contributed by atoms with Crippen molar-refractivity contribution in [2.24, 2.45) is 32.9 Å². The number of ketones is 1. The van der Waals surface area contributed by atoms with Gasteiger partial charge in [0.15, 0.2) is 18.2 Å². The topological polar surface area (TPSA) is 410 Å². The minimum atomic E-state index is -2.19. The number of carboxylic acids is 1. The molecule has 0 aliphatic carbocycles. The summed E-state index contributed by atoms with van der Waals surface area (Å²) in [7, 11) is 12.3. The number of rotatable bonds is 10. The summed E-state index contributed by atoms with van der Waals surface area (Å²) in [6.07, 6.45) is -3.52. The molecule has 7 amide bonds. The van der Waals surface area contributed by atoms with Crippen molar-refractivity contribution in [2.75, 3.05) is 32.7 Å². The van der Waals surface area contributed by atoms with Crippen molar-refractivity contribution in [3.05, 3.63) is 0 Å². The molecule has 0 spiro atoms. The molecular weight excluding hydrogens is 792 g/mol. The first kappa shape index (κ1) is 48.4. The van der Waals surface area contributed by atoms with Crippen molar-refractivity contribution < 1.29 is 58.5 Å². The molecule has 60 heavy (non-hydrogen) atoms. The average molecular weight is 843 g/mol. The van der Waals surface area contributed by atoms with Gasteiger partial charge in [0.2, 0.25) is 41.4 Å². The Kier molecular flexibility index (Phi) is 18.1.